The van der Waals surface area contributed by atoms with Crippen molar-refractivity contribution >= 4 is 5.91 Å². The fourth-order valence-corrected chi connectivity index (χ4v) is 4.11. The Bertz CT molecular complexity index is 1240. The number of rotatable bonds is 7. The van der Waals surface area contributed by atoms with Gasteiger partial charge < -0.3 is 14.9 Å². The van der Waals surface area contributed by atoms with Crippen molar-refractivity contribution in [2.24, 2.45) is 5.73 Å². The van der Waals surface area contributed by atoms with E-state index in [1.807, 2.05) is 17.8 Å². The Kier molecular flexibility index (Phi) is 5.69. The van der Waals surface area contributed by atoms with E-state index >= 15 is 0 Å². The molecule has 4 heterocycles. The number of hydrogen-bond donors (Lipinski definition) is 1. The molecule has 0 aliphatic heterocycles. The van der Waals surface area contributed by atoms with E-state index in [9.17, 15) is 4.79 Å². The fraction of sp³-hybridized carbons (Fsp3) is 0.364. The maximum Gasteiger partial charge on any atom is 0.270 e. The summed E-state index contributed by atoms with van der Waals surface area (Å²) in [5.41, 5.74) is 7.30. The quantitative estimate of drug-likeness (QED) is 0.455. The summed E-state index contributed by atoms with van der Waals surface area (Å²) in [6, 6.07) is 2.03. The molecule has 0 bridgehead atoms. The maximum absolute atomic E-state index is 11.3. The Morgan fingerprint density at radius 2 is 2.00 bits per heavy atom. The Labute approximate surface area is 189 Å². The number of carbonyl (C=O) groups excluding carboxylic acids is 1. The summed E-state index contributed by atoms with van der Waals surface area (Å²) in [7, 11) is 0. The highest BCUT2D eigenvalue weighted by atomic mass is 16.5. The van der Waals surface area contributed by atoms with E-state index in [2.05, 4.69) is 20.1 Å². The van der Waals surface area contributed by atoms with Crippen LogP contribution in [0.2, 0.25) is 0 Å². The molecule has 4 aromatic rings. The largest absolute Gasteiger partial charge is 0.444 e. The average Bonchev–Trinajstić information content (AvgIpc) is 3.59. The van der Waals surface area contributed by atoms with Crippen LogP contribution in [-0.2, 0) is 4.74 Å². The number of nitrogens with two attached hydrogens (primary N) is 1. The van der Waals surface area contributed by atoms with Gasteiger partial charge in [-0.2, -0.15) is 10.2 Å². The van der Waals surface area contributed by atoms with Crippen molar-refractivity contribution in [1.29, 1.82) is 0 Å². The average molecular weight is 448 g/mol. The number of aromatic nitrogens is 7. The highest BCUT2D eigenvalue weighted by molar-refractivity contribution is 5.90. The smallest absolute Gasteiger partial charge is 0.270 e. The zero-order valence-corrected chi connectivity index (χ0v) is 18.2. The Morgan fingerprint density at radius 1 is 1.21 bits per heavy atom. The minimum Gasteiger partial charge on any atom is -0.444 e. The lowest BCUT2D eigenvalue weighted by atomic mass is 9.93. The van der Waals surface area contributed by atoms with Crippen LogP contribution in [0.25, 0.3) is 28.7 Å². The fourth-order valence-electron chi connectivity index (χ4n) is 4.11. The van der Waals surface area contributed by atoms with E-state index in [1.54, 1.807) is 35.5 Å². The van der Waals surface area contributed by atoms with E-state index in [0.29, 0.717) is 23.2 Å². The second kappa shape index (κ2) is 8.94. The third kappa shape index (κ3) is 4.27. The molecule has 1 amide bonds. The molecule has 0 atom stereocenters. The third-order valence-electron chi connectivity index (χ3n) is 5.74. The van der Waals surface area contributed by atoms with Crippen molar-refractivity contribution in [1.82, 2.24) is 34.5 Å². The molecule has 0 radical (unpaired) electrons. The lowest BCUT2D eigenvalue weighted by molar-refractivity contribution is 0.0260. The molecule has 170 valence electrons. The monoisotopic (exact) mass is 448 g/mol. The van der Waals surface area contributed by atoms with Crippen LogP contribution in [0.5, 0.6) is 0 Å². The summed E-state index contributed by atoms with van der Waals surface area (Å²) < 4.78 is 14.8. The molecule has 11 heteroatoms. The standard InChI is InChI=1S/C22H24N8O3/c1-2-32-16-6-4-15(5-7-16)29-12-18(19(28-29)21-24-8-3-9-25-21)30-11-14(10-26-30)22-27-17(13-33-22)20(23)31/h3,8-13,15-16H,2,4-7H2,1H3,(H2,23,31). The summed E-state index contributed by atoms with van der Waals surface area (Å²) in [6.45, 7) is 2.77. The third-order valence-corrected chi connectivity index (χ3v) is 5.74. The van der Waals surface area contributed by atoms with E-state index in [1.165, 1.54) is 6.26 Å². The first-order chi connectivity index (χ1) is 16.1. The molecule has 1 aliphatic rings. The summed E-state index contributed by atoms with van der Waals surface area (Å²) in [5, 5.41) is 9.32. The molecule has 0 saturated heterocycles. The van der Waals surface area contributed by atoms with Crippen LogP contribution in [0, 0.1) is 0 Å². The molecule has 0 aromatic carbocycles. The van der Waals surface area contributed by atoms with Gasteiger partial charge in [0, 0.05) is 25.2 Å². The summed E-state index contributed by atoms with van der Waals surface area (Å²) in [5.74, 6) is 0.119. The van der Waals surface area contributed by atoms with Crippen molar-refractivity contribution in [2.45, 2.75) is 44.8 Å². The molecule has 2 N–H and O–H groups in total. The molecule has 4 aromatic heterocycles. The second-order valence-electron chi connectivity index (χ2n) is 7.88. The maximum atomic E-state index is 11.3. The minimum absolute atomic E-state index is 0.0617. The van der Waals surface area contributed by atoms with Crippen LogP contribution >= 0.6 is 0 Å². The highest BCUT2D eigenvalue weighted by Gasteiger charge is 2.26. The van der Waals surface area contributed by atoms with Crippen LogP contribution in [0.3, 0.4) is 0 Å². The van der Waals surface area contributed by atoms with E-state index in [0.717, 1.165) is 38.0 Å². The minimum atomic E-state index is -0.652. The van der Waals surface area contributed by atoms with Crippen LogP contribution in [-0.4, -0.2) is 53.1 Å². The zero-order valence-electron chi connectivity index (χ0n) is 18.2. The van der Waals surface area contributed by atoms with Crippen LogP contribution < -0.4 is 5.73 Å². The van der Waals surface area contributed by atoms with Crippen molar-refractivity contribution in [3.8, 4) is 28.7 Å². The van der Waals surface area contributed by atoms with Gasteiger partial charge >= 0.3 is 0 Å². The van der Waals surface area contributed by atoms with E-state index in [-0.39, 0.29) is 17.6 Å². The number of nitrogens with zero attached hydrogens (tertiary/aromatic N) is 7. The van der Waals surface area contributed by atoms with Crippen molar-refractivity contribution in [3.05, 3.63) is 49.0 Å². The van der Waals surface area contributed by atoms with Crippen LogP contribution in [0.15, 0.2) is 47.7 Å². The molecule has 0 unspecified atom stereocenters. The molecule has 11 nitrogen and oxygen atoms in total. The Hall–Kier alpha value is -3.86. The van der Waals surface area contributed by atoms with Gasteiger partial charge in [-0.05, 0) is 38.7 Å². The van der Waals surface area contributed by atoms with Gasteiger partial charge in [-0.25, -0.2) is 19.6 Å². The second-order valence-corrected chi connectivity index (χ2v) is 7.88. The zero-order chi connectivity index (χ0) is 22.8. The van der Waals surface area contributed by atoms with Gasteiger partial charge in [-0.3, -0.25) is 9.48 Å². The topological polar surface area (TPSA) is 140 Å². The molecule has 1 fully saturated rings. The first kappa shape index (κ1) is 21.0. The molecule has 5 rings (SSSR count). The molecule has 1 saturated carbocycles. The summed E-state index contributed by atoms with van der Waals surface area (Å²) in [4.78, 5) is 24.2. The number of ether oxygens (including phenoxy) is 1. The van der Waals surface area contributed by atoms with Crippen molar-refractivity contribution in [2.75, 3.05) is 6.61 Å². The first-order valence-electron chi connectivity index (χ1n) is 10.9. The highest BCUT2D eigenvalue weighted by Crippen LogP contribution is 2.32. The van der Waals surface area contributed by atoms with Gasteiger partial charge in [0.15, 0.2) is 17.2 Å². The normalized spacial score (nSPS) is 18.5. The van der Waals surface area contributed by atoms with E-state index in [4.69, 9.17) is 20.0 Å². The first-order valence-corrected chi connectivity index (χ1v) is 10.9. The molecule has 1 aliphatic carbocycles. The number of oxazole rings is 1. The van der Waals surface area contributed by atoms with Crippen molar-refractivity contribution < 1.29 is 13.9 Å². The lowest BCUT2D eigenvalue weighted by Gasteiger charge is -2.28. The molecule has 33 heavy (non-hydrogen) atoms. The van der Waals surface area contributed by atoms with Gasteiger partial charge in [0.1, 0.15) is 12.0 Å². The van der Waals surface area contributed by atoms with Gasteiger partial charge in [-0.1, -0.05) is 0 Å². The summed E-state index contributed by atoms with van der Waals surface area (Å²) in [6.07, 6.45) is 14.2. The molecule has 0 spiro atoms. The lowest BCUT2D eigenvalue weighted by Crippen LogP contribution is -2.24. The number of amides is 1. The summed E-state index contributed by atoms with van der Waals surface area (Å²) >= 11 is 0. The van der Waals surface area contributed by atoms with E-state index < -0.39 is 5.91 Å². The number of primary amides is 1. The molecular weight excluding hydrogens is 424 g/mol. The SMILES string of the molecule is CCOC1CCC(n2cc(-n3cc(-c4nc(C(N)=O)co4)cn3)c(-c3ncccn3)n2)CC1. The van der Waals surface area contributed by atoms with Gasteiger partial charge in [0.25, 0.3) is 5.91 Å². The van der Waals surface area contributed by atoms with Crippen LogP contribution in [0.4, 0.5) is 0 Å². The van der Waals surface area contributed by atoms with Crippen LogP contribution in [0.1, 0.15) is 49.1 Å². The Balaban J connectivity index is 1.48. The number of carbonyl (C=O) groups is 1. The van der Waals surface area contributed by atoms with Gasteiger partial charge in [-0.15, -0.1) is 0 Å². The number of hydrogen-bond acceptors (Lipinski definition) is 8. The predicted molar refractivity (Wildman–Crippen MR) is 117 cm³/mol. The van der Waals surface area contributed by atoms with Gasteiger partial charge in [0.2, 0.25) is 5.89 Å². The predicted octanol–water partition coefficient (Wildman–Crippen LogP) is 2.80. The van der Waals surface area contributed by atoms with Gasteiger partial charge in [0.05, 0.1) is 30.1 Å². The molecular formula is C22H24N8O3. The Morgan fingerprint density at radius 3 is 2.70 bits per heavy atom. The van der Waals surface area contributed by atoms with Crippen molar-refractivity contribution in [3.63, 3.8) is 0 Å².